The number of aromatic nitrogens is 2. The number of hydrogen-bond acceptors (Lipinski definition) is 2. The zero-order chi connectivity index (χ0) is 11.3. The maximum Gasteiger partial charge on any atom is 0.252 e. The monoisotopic (exact) mass is 219 g/mol. The Balaban J connectivity index is 1.90. The van der Waals surface area contributed by atoms with Crippen molar-refractivity contribution in [1.29, 1.82) is 0 Å². The Bertz CT molecular complexity index is 437. The smallest absolute Gasteiger partial charge is 0.252 e. The van der Waals surface area contributed by atoms with Crippen molar-refractivity contribution >= 4 is 5.91 Å². The fourth-order valence-electron chi connectivity index (χ4n) is 3.43. The second-order valence-corrected chi connectivity index (χ2v) is 5.21. The van der Waals surface area contributed by atoms with E-state index in [-0.39, 0.29) is 5.91 Å². The van der Waals surface area contributed by atoms with Crippen LogP contribution in [0.5, 0.6) is 0 Å². The molecule has 2 fully saturated rings. The zero-order valence-corrected chi connectivity index (χ0v) is 9.52. The molecule has 2 aliphatic carbocycles. The summed E-state index contributed by atoms with van der Waals surface area (Å²) in [6, 6.07) is 0.505. The first-order valence-electron chi connectivity index (χ1n) is 6.00. The summed E-state index contributed by atoms with van der Waals surface area (Å²) in [6.07, 6.45) is 7.10. The number of carbonyl (C=O) groups is 1. The second kappa shape index (κ2) is 3.34. The van der Waals surface area contributed by atoms with Gasteiger partial charge in [0.15, 0.2) is 0 Å². The molecule has 86 valence electrons. The van der Waals surface area contributed by atoms with Gasteiger partial charge >= 0.3 is 0 Å². The highest BCUT2D eigenvalue weighted by Crippen LogP contribution is 2.50. The van der Waals surface area contributed by atoms with Crippen LogP contribution in [0.1, 0.15) is 47.8 Å². The largest absolute Gasteiger partial charge is 0.365 e. The first kappa shape index (κ1) is 9.87. The number of primary amides is 1. The topological polar surface area (TPSA) is 60.9 Å². The molecule has 1 aromatic rings. The average molecular weight is 219 g/mol. The lowest BCUT2D eigenvalue weighted by molar-refractivity contribution is 0.0999. The normalized spacial score (nSPS) is 32.2. The molecular weight excluding hydrogens is 202 g/mol. The highest BCUT2D eigenvalue weighted by molar-refractivity contribution is 5.93. The van der Waals surface area contributed by atoms with Gasteiger partial charge in [0.1, 0.15) is 0 Å². The molecule has 3 rings (SSSR count). The lowest BCUT2D eigenvalue weighted by atomic mass is 9.95. The number of hydrogen-bond donors (Lipinski definition) is 1. The Morgan fingerprint density at radius 1 is 1.50 bits per heavy atom. The molecule has 1 heterocycles. The average Bonchev–Trinajstić information content (AvgIpc) is 2.89. The van der Waals surface area contributed by atoms with Crippen molar-refractivity contribution in [3.8, 4) is 0 Å². The van der Waals surface area contributed by atoms with E-state index in [0.29, 0.717) is 11.6 Å². The Kier molecular flexibility index (Phi) is 2.06. The number of nitrogens with zero attached hydrogens (tertiary/aromatic N) is 2. The molecule has 0 aromatic carbocycles. The molecule has 0 radical (unpaired) electrons. The molecule has 4 heteroatoms. The van der Waals surface area contributed by atoms with Gasteiger partial charge in [-0.2, -0.15) is 5.10 Å². The maximum atomic E-state index is 11.2. The molecule has 2 aliphatic rings. The Labute approximate surface area is 94.8 Å². The fourth-order valence-corrected chi connectivity index (χ4v) is 3.43. The van der Waals surface area contributed by atoms with Crippen LogP contribution in [0.4, 0.5) is 0 Å². The van der Waals surface area contributed by atoms with E-state index >= 15 is 0 Å². The van der Waals surface area contributed by atoms with Crippen molar-refractivity contribution in [2.45, 2.75) is 38.6 Å². The number of fused-ring (bicyclic) bond motifs is 2. The summed E-state index contributed by atoms with van der Waals surface area (Å²) in [5.74, 6) is 1.29. The summed E-state index contributed by atoms with van der Waals surface area (Å²) in [6.45, 7) is 1.85. The molecule has 16 heavy (non-hydrogen) atoms. The summed E-state index contributed by atoms with van der Waals surface area (Å²) in [7, 11) is 0. The third-order valence-corrected chi connectivity index (χ3v) is 4.22. The highest BCUT2D eigenvalue weighted by Gasteiger charge is 2.41. The van der Waals surface area contributed by atoms with Gasteiger partial charge in [0.05, 0.1) is 17.3 Å². The van der Waals surface area contributed by atoms with Crippen LogP contribution < -0.4 is 5.73 Å². The van der Waals surface area contributed by atoms with E-state index in [1.807, 2.05) is 17.8 Å². The summed E-state index contributed by atoms with van der Waals surface area (Å²) in [4.78, 5) is 11.2. The van der Waals surface area contributed by atoms with Gasteiger partial charge in [-0.15, -0.1) is 0 Å². The Morgan fingerprint density at radius 3 is 2.81 bits per heavy atom. The van der Waals surface area contributed by atoms with Crippen molar-refractivity contribution in [1.82, 2.24) is 9.78 Å². The molecule has 0 aliphatic heterocycles. The predicted octanol–water partition coefficient (Wildman–Crippen LogP) is 1.65. The van der Waals surface area contributed by atoms with E-state index in [4.69, 9.17) is 5.73 Å². The van der Waals surface area contributed by atoms with Crippen LogP contribution in [0.15, 0.2) is 6.20 Å². The third kappa shape index (κ3) is 1.36. The fraction of sp³-hybridized carbons (Fsp3) is 0.667. The first-order chi connectivity index (χ1) is 7.65. The number of rotatable bonds is 2. The van der Waals surface area contributed by atoms with Crippen molar-refractivity contribution in [3.63, 3.8) is 0 Å². The van der Waals surface area contributed by atoms with Crippen molar-refractivity contribution in [3.05, 3.63) is 17.5 Å². The van der Waals surface area contributed by atoms with Crippen LogP contribution in [0, 0.1) is 18.8 Å². The van der Waals surface area contributed by atoms with Gasteiger partial charge in [-0.25, -0.2) is 0 Å². The van der Waals surface area contributed by atoms with E-state index in [2.05, 4.69) is 5.10 Å². The van der Waals surface area contributed by atoms with Crippen LogP contribution >= 0.6 is 0 Å². The Morgan fingerprint density at radius 2 is 2.31 bits per heavy atom. The minimum Gasteiger partial charge on any atom is -0.365 e. The molecule has 2 bridgehead atoms. The van der Waals surface area contributed by atoms with Crippen molar-refractivity contribution < 1.29 is 4.79 Å². The molecule has 1 aromatic heterocycles. The van der Waals surface area contributed by atoms with Crippen molar-refractivity contribution in [2.24, 2.45) is 17.6 Å². The quantitative estimate of drug-likeness (QED) is 0.822. The van der Waals surface area contributed by atoms with Gasteiger partial charge < -0.3 is 5.73 Å². The molecule has 2 N–H and O–H groups in total. The van der Waals surface area contributed by atoms with E-state index in [0.717, 1.165) is 17.5 Å². The molecule has 2 saturated carbocycles. The Hall–Kier alpha value is -1.32. The van der Waals surface area contributed by atoms with Crippen LogP contribution in [0.25, 0.3) is 0 Å². The minimum absolute atomic E-state index is 0.369. The molecule has 3 atom stereocenters. The number of nitrogens with two attached hydrogens (primary N) is 1. The number of aryl methyl sites for hydroxylation is 1. The second-order valence-electron chi connectivity index (χ2n) is 5.21. The standard InChI is InChI=1S/C12H17N3O/c1-7-10(12(13)16)6-15(14-7)11-5-8-2-3-9(11)4-8/h6,8-9,11H,2-5H2,1H3,(H2,13,16). The minimum atomic E-state index is -0.369. The number of amides is 1. The summed E-state index contributed by atoms with van der Waals surface area (Å²) < 4.78 is 1.99. The third-order valence-electron chi connectivity index (χ3n) is 4.22. The van der Waals surface area contributed by atoms with Crippen LogP contribution in [0.3, 0.4) is 0 Å². The molecule has 3 unspecified atom stereocenters. The first-order valence-corrected chi connectivity index (χ1v) is 6.00. The van der Waals surface area contributed by atoms with Crippen LogP contribution in [-0.2, 0) is 0 Å². The lowest BCUT2D eigenvalue weighted by Crippen LogP contribution is -2.17. The van der Waals surface area contributed by atoms with Crippen LogP contribution in [-0.4, -0.2) is 15.7 Å². The van der Waals surface area contributed by atoms with E-state index in [1.54, 1.807) is 0 Å². The van der Waals surface area contributed by atoms with Gasteiger partial charge in [-0.1, -0.05) is 6.42 Å². The van der Waals surface area contributed by atoms with Gasteiger partial charge in [-0.3, -0.25) is 9.48 Å². The van der Waals surface area contributed by atoms with E-state index < -0.39 is 0 Å². The van der Waals surface area contributed by atoms with Gasteiger partial charge in [0.2, 0.25) is 0 Å². The highest BCUT2D eigenvalue weighted by atomic mass is 16.1. The molecule has 4 nitrogen and oxygen atoms in total. The SMILES string of the molecule is Cc1nn(C2CC3CCC2C3)cc1C(N)=O. The summed E-state index contributed by atoms with van der Waals surface area (Å²) in [5, 5.41) is 4.45. The van der Waals surface area contributed by atoms with E-state index in [1.165, 1.54) is 25.7 Å². The zero-order valence-electron chi connectivity index (χ0n) is 9.52. The maximum absolute atomic E-state index is 11.2. The van der Waals surface area contributed by atoms with Gasteiger partial charge in [0.25, 0.3) is 5.91 Å². The summed E-state index contributed by atoms with van der Waals surface area (Å²) in [5.41, 5.74) is 6.64. The molecule has 0 spiro atoms. The molecule has 1 amide bonds. The number of carbonyl (C=O) groups excluding carboxylic acids is 1. The van der Waals surface area contributed by atoms with Gasteiger partial charge in [-0.05, 0) is 38.0 Å². The van der Waals surface area contributed by atoms with Gasteiger partial charge in [0, 0.05) is 6.20 Å². The lowest BCUT2D eigenvalue weighted by Gasteiger charge is -2.21. The molecular formula is C12H17N3O. The van der Waals surface area contributed by atoms with E-state index in [9.17, 15) is 4.79 Å². The predicted molar refractivity (Wildman–Crippen MR) is 60.0 cm³/mol. The van der Waals surface area contributed by atoms with Crippen LogP contribution in [0.2, 0.25) is 0 Å². The summed E-state index contributed by atoms with van der Waals surface area (Å²) >= 11 is 0. The van der Waals surface area contributed by atoms with Crippen molar-refractivity contribution in [2.75, 3.05) is 0 Å². The molecule has 0 saturated heterocycles.